The van der Waals surface area contributed by atoms with Gasteiger partial charge in [0.2, 0.25) is 5.89 Å². The van der Waals surface area contributed by atoms with Gasteiger partial charge in [-0.2, -0.15) is 4.98 Å². The fourth-order valence-electron chi connectivity index (χ4n) is 2.60. The molecule has 0 spiro atoms. The van der Waals surface area contributed by atoms with E-state index in [9.17, 15) is 4.21 Å². The molecule has 2 heterocycles. The number of hydrogen-bond donors (Lipinski definition) is 1. The van der Waals surface area contributed by atoms with Gasteiger partial charge in [0.25, 0.3) is 0 Å². The van der Waals surface area contributed by atoms with E-state index in [2.05, 4.69) is 28.9 Å². The molecule has 0 amide bonds. The lowest BCUT2D eigenvalue weighted by Gasteiger charge is -2.30. The first kappa shape index (κ1) is 15.0. The minimum absolute atomic E-state index is 0.330. The molecule has 1 aliphatic rings. The molecule has 0 aliphatic carbocycles. The zero-order valence-electron chi connectivity index (χ0n) is 12.8. The van der Waals surface area contributed by atoms with Crippen molar-refractivity contribution >= 4 is 15.4 Å². The van der Waals surface area contributed by atoms with Gasteiger partial charge in [-0.25, -0.2) is 8.99 Å². The molecule has 0 fully saturated rings. The van der Waals surface area contributed by atoms with Crippen LogP contribution in [0.25, 0.3) is 0 Å². The summed E-state index contributed by atoms with van der Waals surface area (Å²) in [5.74, 6) is 2.09. The first-order valence-electron chi connectivity index (χ1n) is 7.37. The van der Waals surface area contributed by atoms with E-state index in [1.54, 1.807) is 6.07 Å². The quantitative estimate of drug-likeness (QED) is 0.936. The molecule has 1 aromatic heterocycles. The summed E-state index contributed by atoms with van der Waals surface area (Å²) in [6.07, 6.45) is 0.792. The third-order valence-electron chi connectivity index (χ3n) is 3.64. The highest BCUT2D eigenvalue weighted by molar-refractivity contribution is 7.92. The van der Waals surface area contributed by atoms with Crippen LogP contribution in [0.3, 0.4) is 0 Å². The first-order valence-corrected chi connectivity index (χ1v) is 9.10. The Morgan fingerprint density at radius 3 is 2.95 bits per heavy atom. The molecule has 7 heteroatoms. The largest absolute Gasteiger partial charge is 0.360 e. The van der Waals surface area contributed by atoms with Crippen molar-refractivity contribution < 1.29 is 8.73 Å². The number of para-hydroxylation sites is 1. The lowest BCUT2D eigenvalue weighted by atomic mass is 10.1. The van der Waals surface area contributed by atoms with E-state index in [0.29, 0.717) is 35.5 Å². The monoisotopic (exact) mass is 320 g/mol. The maximum atomic E-state index is 12.3. The Morgan fingerprint density at radius 1 is 1.41 bits per heavy atom. The molecule has 1 N–H and O–H groups in total. The smallest absolute Gasteiger partial charge is 0.246 e. The van der Waals surface area contributed by atoms with Crippen molar-refractivity contribution in [2.75, 3.05) is 17.2 Å². The molecule has 3 rings (SSSR count). The van der Waals surface area contributed by atoms with Crippen LogP contribution < -0.4 is 4.90 Å². The molecular weight excluding hydrogens is 300 g/mol. The molecule has 0 radical (unpaired) electrons. The second-order valence-electron chi connectivity index (χ2n) is 5.97. The number of rotatable bonds is 4. The van der Waals surface area contributed by atoms with Gasteiger partial charge in [-0.15, -0.1) is 0 Å². The van der Waals surface area contributed by atoms with Gasteiger partial charge in [0.1, 0.15) is 0 Å². The zero-order chi connectivity index (χ0) is 15.7. The predicted molar refractivity (Wildman–Crippen MR) is 84.3 cm³/mol. The number of benzene rings is 1. The summed E-state index contributed by atoms with van der Waals surface area (Å²) >= 11 is 0. The van der Waals surface area contributed by atoms with Crippen molar-refractivity contribution in [1.82, 2.24) is 10.1 Å². The Kier molecular flexibility index (Phi) is 3.90. The minimum atomic E-state index is -2.69. The Morgan fingerprint density at radius 2 is 2.18 bits per heavy atom. The zero-order valence-corrected chi connectivity index (χ0v) is 13.6. The van der Waals surface area contributed by atoms with Gasteiger partial charge < -0.3 is 9.42 Å². The lowest BCUT2D eigenvalue weighted by Crippen LogP contribution is -2.34. The van der Waals surface area contributed by atoms with Gasteiger partial charge in [0.05, 0.1) is 32.6 Å². The van der Waals surface area contributed by atoms with Crippen LogP contribution in [0.1, 0.15) is 25.6 Å². The normalized spacial score (nSPS) is 21.1. The number of nitrogens with one attached hydrogen (secondary N) is 1. The Hall–Kier alpha value is -1.89. The summed E-state index contributed by atoms with van der Waals surface area (Å²) in [7, 11) is -2.69. The average molecular weight is 320 g/mol. The third-order valence-corrected chi connectivity index (χ3v) is 5.45. The van der Waals surface area contributed by atoms with Crippen LogP contribution in [0.2, 0.25) is 0 Å². The molecular formula is C15H20N4O2S. The van der Waals surface area contributed by atoms with E-state index >= 15 is 0 Å². The molecule has 2 aromatic rings. The molecule has 1 aromatic carbocycles. The SMILES string of the molecule is CC(C)Cc1noc(CN2CCS(=N)(=O)c3ccccc32)n1. The molecule has 118 valence electrons. The summed E-state index contributed by atoms with van der Waals surface area (Å²) in [5.41, 5.74) is 0.831. The second-order valence-corrected chi connectivity index (χ2v) is 8.17. The van der Waals surface area contributed by atoms with Gasteiger partial charge in [-0.05, 0) is 18.1 Å². The molecule has 0 saturated heterocycles. The third kappa shape index (κ3) is 2.99. The summed E-state index contributed by atoms with van der Waals surface area (Å²) in [5, 5.41) is 4.00. The van der Waals surface area contributed by atoms with Crippen molar-refractivity contribution in [3.63, 3.8) is 0 Å². The maximum absolute atomic E-state index is 12.3. The van der Waals surface area contributed by atoms with Gasteiger partial charge in [0, 0.05) is 13.0 Å². The Balaban J connectivity index is 1.83. The highest BCUT2D eigenvalue weighted by atomic mass is 32.2. The number of aromatic nitrogens is 2. The molecule has 22 heavy (non-hydrogen) atoms. The van der Waals surface area contributed by atoms with Gasteiger partial charge in [-0.1, -0.05) is 31.1 Å². The Bertz CT molecular complexity index is 767. The van der Waals surface area contributed by atoms with E-state index in [0.717, 1.165) is 17.9 Å². The number of hydrogen-bond acceptors (Lipinski definition) is 6. The van der Waals surface area contributed by atoms with Crippen LogP contribution in [0.5, 0.6) is 0 Å². The van der Waals surface area contributed by atoms with Crippen molar-refractivity contribution in [2.24, 2.45) is 5.92 Å². The van der Waals surface area contributed by atoms with Crippen molar-refractivity contribution in [1.29, 1.82) is 4.78 Å². The summed E-state index contributed by atoms with van der Waals surface area (Å²) in [4.78, 5) is 7.07. The van der Waals surface area contributed by atoms with Crippen molar-refractivity contribution in [3.8, 4) is 0 Å². The highest BCUT2D eigenvalue weighted by Crippen LogP contribution is 2.31. The number of fused-ring (bicyclic) bond motifs is 1. The van der Waals surface area contributed by atoms with Crippen LogP contribution in [0.15, 0.2) is 33.7 Å². The van der Waals surface area contributed by atoms with E-state index < -0.39 is 9.73 Å². The topological polar surface area (TPSA) is 83.1 Å². The predicted octanol–water partition coefficient (Wildman–Crippen LogP) is 2.69. The number of nitrogens with zero attached hydrogens (tertiary/aromatic N) is 3. The molecule has 1 unspecified atom stereocenters. The lowest BCUT2D eigenvalue weighted by molar-refractivity contribution is 0.369. The van der Waals surface area contributed by atoms with Gasteiger partial charge >= 0.3 is 0 Å². The molecule has 1 aliphatic heterocycles. The summed E-state index contributed by atoms with van der Waals surface area (Å²) in [6, 6.07) is 7.39. The number of anilines is 1. The molecule has 1 atom stereocenters. The van der Waals surface area contributed by atoms with E-state index in [4.69, 9.17) is 9.30 Å². The van der Waals surface area contributed by atoms with E-state index in [-0.39, 0.29) is 0 Å². The highest BCUT2D eigenvalue weighted by Gasteiger charge is 2.26. The summed E-state index contributed by atoms with van der Waals surface area (Å²) in [6.45, 7) is 5.27. The average Bonchev–Trinajstić information content (AvgIpc) is 2.89. The van der Waals surface area contributed by atoms with Crippen LogP contribution in [0, 0.1) is 10.7 Å². The fourth-order valence-corrected chi connectivity index (χ4v) is 4.13. The summed E-state index contributed by atoms with van der Waals surface area (Å²) < 4.78 is 25.7. The van der Waals surface area contributed by atoms with E-state index in [1.165, 1.54) is 0 Å². The van der Waals surface area contributed by atoms with Crippen LogP contribution >= 0.6 is 0 Å². The Labute approximate surface area is 130 Å². The second kappa shape index (κ2) is 5.72. The van der Waals surface area contributed by atoms with Crippen LogP contribution in [0.4, 0.5) is 5.69 Å². The maximum Gasteiger partial charge on any atom is 0.246 e. The van der Waals surface area contributed by atoms with Gasteiger partial charge in [-0.3, -0.25) is 0 Å². The van der Waals surface area contributed by atoms with E-state index in [1.807, 2.05) is 18.2 Å². The van der Waals surface area contributed by atoms with Crippen LogP contribution in [-0.2, 0) is 22.7 Å². The van der Waals surface area contributed by atoms with Crippen LogP contribution in [-0.4, -0.2) is 26.6 Å². The first-order chi connectivity index (χ1) is 10.5. The van der Waals surface area contributed by atoms with Crippen molar-refractivity contribution in [3.05, 3.63) is 36.0 Å². The molecule has 0 bridgehead atoms. The standard InChI is InChI=1S/C15H20N4O2S/c1-11(2)9-14-17-15(21-18-14)10-19-7-8-22(16,20)13-6-4-3-5-12(13)19/h3-6,11,16H,7-10H2,1-2H3. The molecule has 6 nitrogen and oxygen atoms in total. The fraction of sp³-hybridized carbons (Fsp3) is 0.467. The van der Waals surface area contributed by atoms with Gasteiger partial charge in [0.15, 0.2) is 5.82 Å². The molecule has 0 saturated carbocycles. The minimum Gasteiger partial charge on any atom is -0.360 e. The van der Waals surface area contributed by atoms with Crippen molar-refractivity contribution in [2.45, 2.75) is 31.7 Å².